The third-order valence-electron chi connectivity index (χ3n) is 4.75. The van der Waals surface area contributed by atoms with Crippen molar-refractivity contribution in [3.63, 3.8) is 0 Å². The molecule has 2 rings (SSSR count). The summed E-state index contributed by atoms with van der Waals surface area (Å²) in [5.74, 6) is 0.0874. The van der Waals surface area contributed by atoms with Gasteiger partial charge in [0.25, 0.3) is 5.91 Å². The molecule has 1 atom stereocenters. The molecule has 0 fully saturated rings. The van der Waals surface area contributed by atoms with Crippen LogP contribution in [0.25, 0.3) is 0 Å². The molecule has 0 radical (unpaired) electrons. The summed E-state index contributed by atoms with van der Waals surface area (Å²) < 4.78 is 35.4. The van der Waals surface area contributed by atoms with Gasteiger partial charge in [-0.2, -0.15) is 0 Å². The van der Waals surface area contributed by atoms with Gasteiger partial charge in [0.1, 0.15) is 11.5 Å². The van der Waals surface area contributed by atoms with Crippen molar-refractivity contribution in [2.45, 2.75) is 42.8 Å². The van der Waals surface area contributed by atoms with E-state index in [1.807, 2.05) is 0 Å². The highest BCUT2D eigenvalue weighted by molar-refractivity contribution is 7.93. The first-order valence-corrected chi connectivity index (χ1v) is 10.8. The van der Waals surface area contributed by atoms with E-state index in [0.29, 0.717) is 23.7 Å². The Morgan fingerprint density at radius 3 is 2.41 bits per heavy atom. The number of hydroxylamine groups is 1. The Morgan fingerprint density at radius 1 is 1.14 bits per heavy atom. The van der Waals surface area contributed by atoms with Crippen LogP contribution in [0.1, 0.15) is 32.3 Å². The molecule has 158 valence electrons. The minimum atomic E-state index is -4.14. The van der Waals surface area contributed by atoms with E-state index in [1.165, 1.54) is 43.8 Å². The average Bonchev–Trinajstić information content (AvgIpc) is 2.73. The van der Waals surface area contributed by atoms with E-state index in [-0.39, 0.29) is 11.3 Å². The number of benzene rings is 2. The smallest absolute Gasteiger partial charge is 0.265 e. The molecule has 0 aromatic heterocycles. The Kier molecular flexibility index (Phi) is 7.64. The first-order chi connectivity index (χ1) is 13.8. The molecule has 0 heterocycles. The highest BCUT2D eigenvalue weighted by Gasteiger charge is 2.47. The zero-order valence-electron chi connectivity index (χ0n) is 16.8. The Balaban J connectivity index is 2.39. The van der Waals surface area contributed by atoms with Crippen molar-refractivity contribution >= 4 is 15.7 Å². The number of unbranched alkanes of at least 4 members (excludes halogenated alkanes) is 1. The van der Waals surface area contributed by atoms with E-state index < -0.39 is 20.5 Å². The molecule has 0 aliphatic rings. The largest absolute Gasteiger partial charge is 0.497 e. The van der Waals surface area contributed by atoms with Crippen molar-refractivity contribution in [2.24, 2.45) is 0 Å². The SMILES string of the molecule is CCCCOc1cccc(CC(C)(C(=O)NO)S(=O)(=O)c2ccc(OC)cc2)c1. The van der Waals surface area contributed by atoms with E-state index in [0.717, 1.165) is 12.8 Å². The summed E-state index contributed by atoms with van der Waals surface area (Å²) in [6.07, 6.45) is 1.76. The molecule has 0 aliphatic carbocycles. The third kappa shape index (κ3) is 5.07. The number of carbonyl (C=O) groups excluding carboxylic acids is 1. The number of amides is 1. The normalized spacial score (nSPS) is 13.4. The summed E-state index contributed by atoms with van der Waals surface area (Å²) >= 11 is 0. The van der Waals surface area contributed by atoms with Crippen LogP contribution in [0.3, 0.4) is 0 Å². The lowest BCUT2D eigenvalue weighted by atomic mass is 9.99. The molecule has 0 aliphatic heterocycles. The summed E-state index contributed by atoms with van der Waals surface area (Å²) in [5, 5.41) is 9.23. The van der Waals surface area contributed by atoms with Gasteiger partial charge < -0.3 is 9.47 Å². The van der Waals surface area contributed by atoms with Gasteiger partial charge in [-0.25, -0.2) is 13.9 Å². The van der Waals surface area contributed by atoms with E-state index in [1.54, 1.807) is 24.3 Å². The molecule has 0 spiro atoms. The minimum absolute atomic E-state index is 0.0419. The van der Waals surface area contributed by atoms with Crippen LogP contribution in [-0.4, -0.2) is 38.0 Å². The zero-order chi connectivity index (χ0) is 21.5. The van der Waals surface area contributed by atoms with Gasteiger partial charge >= 0.3 is 0 Å². The molecule has 2 N–H and O–H groups in total. The second-order valence-electron chi connectivity index (χ2n) is 6.88. The molecule has 0 saturated heterocycles. The molecular formula is C21H27NO6S. The quantitative estimate of drug-likeness (QED) is 0.347. The lowest BCUT2D eigenvalue weighted by Gasteiger charge is -2.27. The number of sulfone groups is 1. The van der Waals surface area contributed by atoms with Gasteiger partial charge in [-0.3, -0.25) is 10.0 Å². The predicted molar refractivity (Wildman–Crippen MR) is 109 cm³/mol. The van der Waals surface area contributed by atoms with Crippen LogP contribution in [0.2, 0.25) is 0 Å². The third-order valence-corrected chi connectivity index (χ3v) is 7.16. The zero-order valence-corrected chi connectivity index (χ0v) is 17.7. The van der Waals surface area contributed by atoms with Crippen LogP contribution < -0.4 is 15.0 Å². The molecule has 29 heavy (non-hydrogen) atoms. The maximum atomic E-state index is 13.3. The summed E-state index contributed by atoms with van der Waals surface area (Å²) in [4.78, 5) is 12.4. The molecule has 0 saturated carbocycles. The van der Waals surface area contributed by atoms with E-state index in [4.69, 9.17) is 9.47 Å². The monoisotopic (exact) mass is 421 g/mol. The second-order valence-corrected chi connectivity index (χ2v) is 9.26. The van der Waals surface area contributed by atoms with Gasteiger partial charge in [-0.15, -0.1) is 0 Å². The van der Waals surface area contributed by atoms with Crippen LogP contribution >= 0.6 is 0 Å². The molecule has 1 amide bonds. The Morgan fingerprint density at radius 2 is 1.83 bits per heavy atom. The van der Waals surface area contributed by atoms with E-state index >= 15 is 0 Å². The van der Waals surface area contributed by atoms with Gasteiger partial charge in [-0.05, 0) is 55.3 Å². The van der Waals surface area contributed by atoms with Crippen molar-refractivity contribution in [1.82, 2.24) is 5.48 Å². The molecule has 2 aromatic carbocycles. The molecule has 8 heteroatoms. The van der Waals surface area contributed by atoms with Gasteiger partial charge in [0.05, 0.1) is 18.6 Å². The topological polar surface area (TPSA) is 102 Å². The summed E-state index contributed by atoms with van der Waals surface area (Å²) in [6.45, 7) is 3.91. The van der Waals surface area contributed by atoms with Crippen molar-refractivity contribution in [3.8, 4) is 11.5 Å². The number of ether oxygens (including phenoxy) is 2. The van der Waals surface area contributed by atoms with Gasteiger partial charge in [0, 0.05) is 6.42 Å². The van der Waals surface area contributed by atoms with Crippen LogP contribution in [0.4, 0.5) is 0 Å². The fraction of sp³-hybridized carbons (Fsp3) is 0.381. The molecular weight excluding hydrogens is 394 g/mol. The maximum Gasteiger partial charge on any atom is 0.265 e. The molecule has 2 aromatic rings. The fourth-order valence-corrected chi connectivity index (χ4v) is 4.56. The Hall–Kier alpha value is -2.58. The Bertz CT molecular complexity index is 926. The highest BCUT2D eigenvalue weighted by Crippen LogP contribution is 2.31. The van der Waals surface area contributed by atoms with Crippen LogP contribution in [0.15, 0.2) is 53.4 Å². The lowest BCUT2D eigenvalue weighted by Crippen LogP contribution is -2.51. The van der Waals surface area contributed by atoms with Crippen LogP contribution in [0, 0.1) is 0 Å². The number of carbonyl (C=O) groups is 1. The maximum absolute atomic E-state index is 13.3. The molecule has 0 bridgehead atoms. The van der Waals surface area contributed by atoms with Gasteiger partial charge in [0.2, 0.25) is 0 Å². The van der Waals surface area contributed by atoms with Gasteiger partial charge in [-0.1, -0.05) is 25.5 Å². The summed E-state index contributed by atoms with van der Waals surface area (Å²) in [5.41, 5.74) is 2.11. The predicted octanol–water partition coefficient (Wildman–Crippen LogP) is 3.15. The van der Waals surface area contributed by atoms with Gasteiger partial charge in [0.15, 0.2) is 14.6 Å². The first-order valence-electron chi connectivity index (χ1n) is 9.33. The van der Waals surface area contributed by atoms with Crippen molar-refractivity contribution in [1.29, 1.82) is 0 Å². The average molecular weight is 422 g/mol. The highest BCUT2D eigenvalue weighted by atomic mass is 32.2. The number of rotatable bonds is 10. The van der Waals surface area contributed by atoms with Crippen molar-refractivity contribution < 1.29 is 27.9 Å². The lowest BCUT2D eigenvalue weighted by molar-refractivity contribution is -0.131. The summed E-state index contributed by atoms with van der Waals surface area (Å²) in [6, 6.07) is 12.7. The number of hydrogen-bond acceptors (Lipinski definition) is 6. The van der Waals surface area contributed by atoms with E-state index in [9.17, 15) is 18.4 Å². The van der Waals surface area contributed by atoms with Crippen molar-refractivity contribution in [3.05, 3.63) is 54.1 Å². The molecule has 1 unspecified atom stereocenters. The fourth-order valence-electron chi connectivity index (χ4n) is 2.90. The molecule has 7 nitrogen and oxygen atoms in total. The van der Waals surface area contributed by atoms with Crippen LogP contribution in [-0.2, 0) is 21.1 Å². The second kappa shape index (κ2) is 9.76. The summed E-state index contributed by atoms with van der Waals surface area (Å²) in [7, 11) is -2.66. The first kappa shape index (κ1) is 22.7. The standard InChI is InChI=1S/C21H27NO6S/c1-4-5-13-28-18-8-6-7-16(14-18)15-21(2,20(23)22-24)29(25,26)19-11-9-17(27-3)10-12-19/h6-12,14,24H,4-5,13,15H2,1-3H3,(H,22,23). The number of hydrogen-bond donors (Lipinski definition) is 2. The number of methoxy groups -OCH3 is 1. The van der Waals surface area contributed by atoms with E-state index in [2.05, 4.69) is 6.92 Å². The number of nitrogens with one attached hydrogen (secondary N) is 1. The van der Waals surface area contributed by atoms with Crippen molar-refractivity contribution in [2.75, 3.05) is 13.7 Å². The Labute approximate surface area is 171 Å². The van der Waals surface area contributed by atoms with Crippen LogP contribution in [0.5, 0.6) is 11.5 Å². The minimum Gasteiger partial charge on any atom is -0.497 e.